The van der Waals surface area contributed by atoms with Gasteiger partial charge in [0.2, 0.25) is 14.9 Å². The molecule has 0 bridgehead atoms. The van der Waals surface area contributed by atoms with E-state index in [1.165, 1.54) is 30.3 Å². The number of nitro benzene ring substituents is 1. The normalized spacial score (nSPS) is 11.5. The van der Waals surface area contributed by atoms with Crippen LogP contribution in [0.4, 0.5) is 5.69 Å². The molecule has 0 aliphatic rings. The van der Waals surface area contributed by atoms with Crippen LogP contribution < -0.4 is 0 Å². The van der Waals surface area contributed by atoms with Crippen LogP contribution in [0.3, 0.4) is 0 Å². The first-order valence-corrected chi connectivity index (χ1v) is 8.96. The van der Waals surface area contributed by atoms with Gasteiger partial charge in [0.15, 0.2) is 12.2 Å². The minimum atomic E-state index is -3.96. The molecule has 9 heteroatoms. The van der Waals surface area contributed by atoms with Gasteiger partial charge in [-0.1, -0.05) is 17.7 Å². The quantitative estimate of drug-likeness (QED) is 0.538. The van der Waals surface area contributed by atoms with Crippen molar-refractivity contribution < 1.29 is 22.9 Å². The molecule has 0 unspecified atom stereocenters. The Morgan fingerprint density at radius 1 is 1.19 bits per heavy atom. The van der Waals surface area contributed by atoms with Gasteiger partial charge < -0.3 is 9.52 Å². The molecule has 134 valence electrons. The molecule has 8 nitrogen and oxygen atoms in total. The zero-order valence-corrected chi connectivity index (χ0v) is 14.4. The lowest BCUT2D eigenvalue weighted by atomic mass is 10.1. The molecule has 0 fully saturated rings. The minimum absolute atomic E-state index is 0.0470. The molecule has 0 amide bonds. The molecule has 0 aliphatic heterocycles. The van der Waals surface area contributed by atoms with Crippen LogP contribution in [0.1, 0.15) is 11.1 Å². The zero-order chi connectivity index (χ0) is 18.9. The highest BCUT2D eigenvalue weighted by atomic mass is 32.2. The van der Waals surface area contributed by atoms with Crippen molar-refractivity contribution in [2.24, 2.45) is 0 Å². The molecular formula is C17H14N2O6S. The predicted octanol–water partition coefficient (Wildman–Crippen LogP) is 2.88. The smallest absolute Gasteiger partial charge is 0.269 e. The molecule has 0 radical (unpaired) electrons. The van der Waals surface area contributed by atoms with Crippen LogP contribution in [0.2, 0.25) is 0 Å². The molecule has 0 atom stereocenters. The molecule has 0 saturated heterocycles. The van der Waals surface area contributed by atoms with Crippen LogP contribution in [-0.4, -0.2) is 23.4 Å². The highest BCUT2D eigenvalue weighted by Crippen LogP contribution is 2.34. The Hall–Kier alpha value is -3.04. The molecule has 0 saturated carbocycles. The van der Waals surface area contributed by atoms with Crippen molar-refractivity contribution in [1.29, 1.82) is 0 Å². The first-order valence-electron chi connectivity index (χ1n) is 7.48. The Labute approximate surface area is 148 Å². The van der Waals surface area contributed by atoms with Crippen molar-refractivity contribution in [2.75, 3.05) is 0 Å². The van der Waals surface area contributed by atoms with E-state index in [0.29, 0.717) is 0 Å². The van der Waals surface area contributed by atoms with E-state index < -0.39 is 21.4 Å². The van der Waals surface area contributed by atoms with Gasteiger partial charge in [-0.15, -0.1) is 0 Å². The second kappa shape index (κ2) is 6.70. The Balaban J connectivity index is 2.15. The highest BCUT2D eigenvalue weighted by molar-refractivity contribution is 7.91. The van der Waals surface area contributed by atoms with E-state index in [1.807, 2.05) is 6.92 Å². The average Bonchev–Trinajstić information content (AvgIpc) is 3.11. The number of aromatic nitrogens is 1. The summed E-state index contributed by atoms with van der Waals surface area (Å²) in [5.41, 5.74) is 1.07. The number of sulfone groups is 1. The molecule has 26 heavy (non-hydrogen) atoms. The number of hydrogen-bond donors (Lipinski definition) is 1. The maximum Gasteiger partial charge on any atom is 0.269 e. The number of oxazole rings is 1. The van der Waals surface area contributed by atoms with E-state index in [-0.39, 0.29) is 32.5 Å². The number of aryl methyl sites for hydroxylation is 1. The van der Waals surface area contributed by atoms with Gasteiger partial charge >= 0.3 is 0 Å². The molecule has 0 spiro atoms. The summed E-state index contributed by atoms with van der Waals surface area (Å²) < 4.78 is 31.0. The van der Waals surface area contributed by atoms with Crippen LogP contribution in [0.25, 0.3) is 11.3 Å². The first-order chi connectivity index (χ1) is 12.3. The second-order valence-electron chi connectivity index (χ2n) is 5.56. The van der Waals surface area contributed by atoms with Crippen molar-refractivity contribution in [3.8, 4) is 11.3 Å². The third-order valence-corrected chi connectivity index (χ3v) is 5.53. The van der Waals surface area contributed by atoms with Crippen LogP contribution in [0.15, 0.2) is 63.2 Å². The van der Waals surface area contributed by atoms with E-state index in [1.54, 1.807) is 12.1 Å². The summed E-state index contributed by atoms with van der Waals surface area (Å²) in [5, 5.41) is 20.1. The fourth-order valence-electron chi connectivity index (χ4n) is 2.48. The van der Waals surface area contributed by atoms with Crippen molar-refractivity contribution in [3.63, 3.8) is 0 Å². The third-order valence-electron chi connectivity index (χ3n) is 3.84. The lowest BCUT2D eigenvalue weighted by Gasteiger charge is -2.07. The number of nitro groups is 1. The highest BCUT2D eigenvalue weighted by Gasteiger charge is 2.28. The average molecular weight is 374 g/mol. The van der Waals surface area contributed by atoms with Gasteiger partial charge in [0, 0.05) is 17.7 Å². The summed E-state index contributed by atoms with van der Waals surface area (Å²) in [7, 11) is -3.96. The summed E-state index contributed by atoms with van der Waals surface area (Å²) in [6.45, 7) is 1.31. The van der Waals surface area contributed by atoms with Crippen molar-refractivity contribution in [1.82, 2.24) is 4.98 Å². The van der Waals surface area contributed by atoms with Crippen molar-refractivity contribution in [2.45, 2.75) is 23.5 Å². The predicted molar refractivity (Wildman–Crippen MR) is 91.1 cm³/mol. The minimum Gasteiger partial charge on any atom is -0.442 e. The fourth-order valence-corrected chi connectivity index (χ4v) is 3.78. The second-order valence-corrected chi connectivity index (χ2v) is 7.42. The van der Waals surface area contributed by atoms with E-state index in [9.17, 15) is 23.6 Å². The Morgan fingerprint density at radius 2 is 1.88 bits per heavy atom. The van der Waals surface area contributed by atoms with E-state index in [4.69, 9.17) is 4.42 Å². The topological polar surface area (TPSA) is 124 Å². The number of rotatable bonds is 5. The van der Waals surface area contributed by atoms with E-state index in [2.05, 4.69) is 4.98 Å². The fraction of sp³-hybridized carbons (Fsp3) is 0.118. The number of benzene rings is 2. The van der Waals surface area contributed by atoms with E-state index >= 15 is 0 Å². The lowest BCUT2D eigenvalue weighted by molar-refractivity contribution is -0.384. The molecule has 1 N–H and O–H groups in total. The Morgan fingerprint density at radius 3 is 2.50 bits per heavy atom. The van der Waals surface area contributed by atoms with E-state index in [0.717, 1.165) is 12.0 Å². The molecule has 2 aromatic carbocycles. The number of aliphatic hydroxyl groups excluding tert-OH is 1. The summed E-state index contributed by atoms with van der Waals surface area (Å²) in [6.07, 6.45) is 0.985. The number of non-ortho nitro benzene ring substituents is 1. The third kappa shape index (κ3) is 3.09. The van der Waals surface area contributed by atoms with Crippen LogP contribution in [0.5, 0.6) is 0 Å². The van der Waals surface area contributed by atoms with Crippen LogP contribution >= 0.6 is 0 Å². The van der Waals surface area contributed by atoms with Gasteiger partial charge in [0.05, 0.1) is 16.4 Å². The maximum absolute atomic E-state index is 12.9. The molecule has 1 heterocycles. The number of aliphatic hydroxyl groups is 1. The lowest BCUT2D eigenvalue weighted by Crippen LogP contribution is -2.05. The monoisotopic (exact) mass is 374 g/mol. The van der Waals surface area contributed by atoms with Gasteiger partial charge in [0.1, 0.15) is 0 Å². The van der Waals surface area contributed by atoms with Crippen molar-refractivity contribution >= 4 is 15.5 Å². The van der Waals surface area contributed by atoms with Gasteiger partial charge in [0.25, 0.3) is 5.69 Å². The summed E-state index contributed by atoms with van der Waals surface area (Å²) in [5.74, 6) is -0.0791. The summed E-state index contributed by atoms with van der Waals surface area (Å²) >= 11 is 0. The van der Waals surface area contributed by atoms with Crippen LogP contribution in [0, 0.1) is 17.0 Å². The summed E-state index contributed by atoms with van der Waals surface area (Å²) in [4.78, 5) is 14.2. The number of nitrogens with zero attached hydrogens (tertiary/aromatic N) is 2. The van der Waals surface area contributed by atoms with Crippen molar-refractivity contribution in [3.05, 3.63) is 70.1 Å². The molecule has 0 aliphatic carbocycles. The maximum atomic E-state index is 12.9. The molecule has 3 aromatic rings. The first kappa shape index (κ1) is 17.8. The van der Waals surface area contributed by atoms with Gasteiger partial charge in [-0.3, -0.25) is 10.1 Å². The Bertz CT molecular complexity index is 1070. The number of hydrogen-bond acceptors (Lipinski definition) is 7. The van der Waals surface area contributed by atoms with Gasteiger partial charge in [-0.25, -0.2) is 13.4 Å². The molecule has 3 rings (SSSR count). The summed E-state index contributed by atoms with van der Waals surface area (Å²) in [6, 6.07) is 9.96. The zero-order valence-electron chi connectivity index (χ0n) is 13.6. The standard InChI is InChI=1S/C17H14N2O6S/c1-11-2-5-14(6-3-11)26(23,24)17-16(25-10-18-17)15-7-4-13(19(21)22)8-12(15)9-20/h2-8,10,20H,9H2,1H3. The van der Waals surface area contributed by atoms with Gasteiger partial charge in [-0.05, 0) is 30.7 Å². The van der Waals surface area contributed by atoms with Crippen LogP contribution in [-0.2, 0) is 16.4 Å². The molecule has 1 aromatic heterocycles. The SMILES string of the molecule is Cc1ccc(S(=O)(=O)c2ncoc2-c2ccc([N+](=O)[O-])cc2CO)cc1. The Kier molecular flexibility index (Phi) is 4.58. The largest absolute Gasteiger partial charge is 0.442 e. The molecular weight excluding hydrogens is 360 g/mol. The van der Waals surface area contributed by atoms with Gasteiger partial charge in [-0.2, -0.15) is 0 Å².